The highest BCUT2D eigenvalue weighted by Gasteiger charge is 2.37. The number of hydrogen-bond donors (Lipinski definition) is 2. The Kier molecular flexibility index (Phi) is 3.72. The van der Waals surface area contributed by atoms with Gasteiger partial charge in [-0.1, -0.05) is 0 Å². The largest absolute Gasteiger partial charge is 0.389 e. The van der Waals surface area contributed by atoms with Crippen LogP contribution >= 0.6 is 0 Å². The molecule has 0 amide bonds. The highest BCUT2D eigenvalue weighted by atomic mass is 32.2. The topological polar surface area (TPSA) is 66.4 Å². The van der Waals surface area contributed by atoms with Crippen molar-refractivity contribution in [1.29, 1.82) is 0 Å². The number of nitrogens with one attached hydrogen (secondary N) is 1. The van der Waals surface area contributed by atoms with Crippen LogP contribution in [-0.4, -0.2) is 42.2 Å². The molecular weight excluding hydrogens is 226 g/mol. The summed E-state index contributed by atoms with van der Waals surface area (Å²) in [6.07, 6.45) is 1.28. The van der Waals surface area contributed by atoms with Crippen LogP contribution in [0.25, 0.3) is 0 Å². The van der Waals surface area contributed by atoms with E-state index in [0.29, 0.717) is 12.8 Å². The zero-order chi connectivity index (χ0) is 12.6. The van der Waals surface area contributed by atoms with E-state index >= 15 is 0 Å². The summed E-state index contributed by atoms with van der Waals surface area (Å²) in [5.41, 5.74) is -1.25. The Hall–Kier alpha value is -0.130. The molecule has 1 saturated heterocycles. The summed E-state index contributed by atoms with van der Waals surface area (Å²) < 4.78 is 22.6. The molecule has 5 heteroatoms. The highest BCUT2D eigenvalue weighted by molar-refractivity contribution is 7.91. The van der Waals surface area contributed by atoms with Gasteiger partial charge in [-0.05, 0) is 40.5 Å². The average molecular weight is 249 g/mol. The molecule has 1 heterocycles. The Morgan fingerprint density at radius 2 is 1.56 bits per heavy atom. The van der Waals surface area contributed by atoms with Gasteiger partial charge in [-0.3, -0.25) is 0 Å². The number of sulfone groups is 1. The molecule has 0 atom stereocenters. The summed E-state index contributed by atoms with van der Waals surface area (Å²) in [5, 5.41) is 13.4. The van der Waals surface area contributed by atoms with Crippen molar-refractivity contribution in [3.05, 3.63) is 0 Å². The van der Waals surface area contributed by atoms with Crippen molar-refractivity contribution in [3.63, 3.8) is 0 Å². The molecule has 0 aromatic heterocycles. The van der Waals surface area contributed by atoms with Gasteiger partial charge in [-0.25, -0.2) is 8.42 Å². The van der Waals surface area contributed by atoms with Crippen LogP contribution in [0.1, 0.15) is 40.5 Å². The van der Waals surface area contributed by atoms with E-state index in [1.807, 2.05) is 13.8 Å². The summed E-state index contributed by atoms with van der Waals surface area (Å²) >= 11 is 0. The van der Waals surface area contributed by atoms with Crippen molar-refractivity contribution in [1.82, 2.24) is 5.32 Å². The summed E-state index contributed by atoms with van der Waals surface area (Å²) in [4.78, 5) is 0. The van der Waals surface area contributed by atoms with E-state index in [1.54, 1.807) is 13.8 Å². The van der Waals surface area contributed by atoms with E-state index in [-0.39, 0.29) is 17.5 Å². The van der Waals surface area contributed by atoms with Crippen molar-refractivity contribution in [3.8, 4) is 0 Å². The van der Waals surface area contributed by atoms with Gasteiger partial charge in [-0.2, -0.15) is 0 Å². The molecule has 0 aromatic carbocycles. The highest BCUT2D eigenvalue weighted by Crippen LogP contribution is 2.23. The van der Waals surface area contributed by atoms with Crippen LogP contribution in [0.2, 0.25) is 0 Å². The van der Waals surface area contributed by atoms with Gasteiger partial charge < -0.3 is 10.4 Å². The molecule has 1 aliphatic heterocycles. The van der Waals surface area contributed by atoms with Crippen LogP contribution in [0, 0.1) is 0 Å². The monoisotopic (exact) mass is 249 g/mol. The predicted octanol–water partition coefficient (Wildman–Crippen LogP) is 0.703. The molecule has 0 saturated carbocycles. The smallest absolute Gasteiger partial charge is 0.150 e. The lowest BCUT2D eigenvalue weighted by Crippen LogP contribution is -2.59. The van der Waals surface area contributed by atoms with E-state index in [4.69, 9.17) is 0 Å². The summed E-state index contributed by atoms with van der Waals surface area (Å²) in [6, 6.07) is 0.185. The zero-order valence-corrected chi connectivity index (χ0v) is 11.4. The maximum Gasteiger partial charge on any atom is 0.150 e. The van der Waals surface area contributed by atoms with Crippen molar-refractivity contribution < 1.29 is 13.5 Å². The summed E-state index contributed by atoms with van der Waals surface area (Å²) in [6.45, 7) is 7.41. The van der Waals surface area contributed by atoms with Gasteiger partial charge in [0.25, 0.3) is 0 Å². The minimum absolute atomic E-state index is 0.185. The lowest BCUT2D eigenvalue weighted by molar-refractivity contribution is -0.0105. The standard InChI is InChI=1S/C11H23NO3S/c1-10(2,11(3,4)13)12-9-5-7-16(14,15)8-6-9/h9,12-13H,5-8H2,1-4H3. The second-order valence-electron chi connectivity index (χ2n) is 5.75. The second-order valence-corrected chi connectivity index (χ2v) is 8.06. The number of hydrogen-bond acceptors (Lipinski definition) is 4. The van der Waals surface area contributed by atoms with Gasteiger partial charge in [0.15, 0.2) is 0 Å². The van der Waals surface area contributed by atoms with Crippen LogP contribution in [-0.2, 0) is 9.84 Å². The number of aliphatic hydroxyl groups is 1. The van der Waals surface area contributed by atoms with Crippen molar-refractivity contribution in [2.45, 2.75) is 57.7 Å². The molecule has 4 nitrogen and oxygen atoms in total. The molecule has 0 unspecified atom stereocenters. The molecule has 1 aliphatic rings. The first-order valence-corrected chi connectivity index (χ1v) is 7.56. The lowest BCUT2D eigenvalue weighted by Gasteiger charge is -2.42. The van der Waals surface area contributed by atoms with E-state index < -0.39 is 21.0 Å². The van der Waals surface area contributed by atoms with Gasteiger partial charge in [-0.15, -0.1) is 0 Å². The Morgan fingerprint density at radius 3 is 1.94 bits per heavy atom. The van der Waals surface area contributed by atoms with Crippen LogP contribution in [0.15, 0.2) is 0 Å². The lowest BCUT2D eigenvalue weighted by atomic mass is 9.85. The molecule has 0 spiro atoms. The van der Waals surface area contributed by atoms with Crippen LogP contribution in [0.5, 0.6) is 0 Å². The SMILES string of the molecule is CC(C)(O)C(C)(C)NC1CCS(=O)(=O)CC1. The third kappa shape index (κ3) is 3.43. The van der Waals surface area contributed by atoms with Gasteiger partial charge in [0.05, 0.1) is 17.1 Å². The summed E-state index contributed by atoms with van der Waals surface area (Å²) in [5.74, 6) is 0.513. The van der Waals surface area contributed by atoms with Crippen LogP contribution in [0.4, 0.5) is 0 Å². The van der Waals surface area contributed by atoms with Crippen molar-refractivity contribution in [2.24, 2.45) is 0 Å². The minimum atomic E-state index is -2.81. The van der Waals surface area contributed by atoms with Crippen LogP contribution < -0.4 is 5.32 Å². The molecule has 2 N–H and O–H groups in total. The van der Waals surface area contributed by atoms with E-state index in [0.717, 1.165) is 0 Å². The fourth-order valence-electron chi connectivity index (χ4n) is 1.72. The fraction of sp³-hybridized carbons (Fsp3) is 1.00. The molecular formula is C11H23NO3S. The molecule has 1 fully saturated rings. The normalized spacial score (nSPS) is 23.3. The van der Waals surface area contributed by atoms with Gasteiger partial charge in [0, 0.05) is 11.6 Å². The molecule has 0 aromatic rings. The molecule has 16 heavy (non-hydrogen) atoms. The molecule has 0 aliphatic carbocycles. The van der Waals surface area contributed by atoms with E-state index in [2.05, 4.69) is 5.32 Å². The maximum absolute atomic E-state index is 11.3. The first kappa shape index (κ1) is 13.9. The Bertz CT molecular complexity index is 327. The molecule has 0 bridgehead atoms. The van der Waals surface area contributed by atoms with E-state index in [1.165, 1.54) is 0 Å². The number of rotatable bonds is 3. The fourth-order valence-corrected chi connectivity index (χ4v) is 3.21. The first-order chi connectivity index (χ1) is 7.04. The Morgan fingerprint density at radius 1 is 1.12 bits per heavy atom. The maximum atomic E-state index is 11.3. The second kappa shape index (κ2) is 4.27. The third-order valence-electron chi connectivity index (χ3n) is 3.65. The van der Waals surface area contributed by atoms with Crippen LogP contribution in [0.3, 0.4) is 0 Å². The molecule has 1 rings (SSSR count). The summed E-state index contributed by atoms with van der Waals surface area (Å²) in [7, 11) is -2.81. The average Bonchev–Trinajstić information content (AvgIpc) is 2.06. The molecule has 96 valence electrons. The quantitative estimate of drug-likeness (QED) is 0.773. The van der Waals surface area contributed by atoms with Gasteiger partial charge in [0.1, 0.15) is 9.84 Å². The first-order valence-electron chi connectivity index (χ1n) is 5.74. The van der Waals surface area contributed by atoms with Gasteiger partial charge in [0.2, 0.25) is 0 Å². The molecule has 0 radical (unpaired) electrons. The third-order valence-corrected chi connectivity index (χ3v) is 5.36. The predicted molar refractivity (Wildman–Crippen MR) is 65.2 cm³/mol. The Balaban J connectivity index is 2.58. The van der Waals surface area contributed by atoms with E-state index in [9.17, 15) is 13.5 Å². The van der Waals surface area contributed by atoms with Gasteiger partial charge >= 0.3 is 0 Å². The zero-order valence-electron chi connectivity index (χ0n) is 10.6. The van der Waals surface area contributed by atoms with Crippen molar-refractivity contribution in [2.75, 3.05) is 11.5 Å². The van der Waals surface area contributed by atoms with Crippen molar-refractivity contribution >= 4 is 9.84 Å². The minimum Gasteiger partial charge on any atom is -0.389 e. The Labute approximate surface area is 98.4 Å².